The molecule has 0 aliphatic rings. The third-order valence-corrected chi connectivity index (χ3v) is 3.88. The van der Waals surface area contributed by atoms with Crippen LogP contribution in [0.3, 0.4) is 0 Å². The molecule has 0 N–H and O–H groups in total. The summed E-state index contributed by atoms with van der Waals surface area (Å²) in [5.74, 6) is 0. The van der Waals surface area contributed by atoms with Gasteiger partial charge in [0.1, 0.15) is 0 Å². The summed E-state index contributed by atoms with van der Waals surface area (Å²) in [6.45, 7) is 9.57. The maximum atomic E-state index is 12.1. The van der Waals surface area contributed by atoms with Crippen LogP contribution in [-0.2, 0) is 13.6 Å². The van der Waals surface area contributed by atoms with E-state index in [1.54, 1.807) is 0 Å². The molecule has 4 heteroatoms. The zero-order valence-electron chi connectivity index (χ0n) is 9.95. The predicted molar refractivity (Wildman–Crippen MR) is 59.8 cm³/mol. The van der Waals surface area contributed by atoms with Crippen LogP contribution in [0.15, 0.2) is 0 Å². The van der Waals surface area contributed by atoms with E-state index in [2.05, 4.69) is 6.92 Å². The van der Waals surface area contributed by atoms with Gasteiger partial charge in [0.15, 0.2) is 0 Å². The molecule has 0 amide bonds. The maximum absolute atomic E-state index is 12.1. The molecule has 0 saturated heterocycles. The summed E-state index contributed by atoms with van der Waals surface area (Å²) in [7, 11) is -2.85. The molecule has 0 fully saturated rings. The smallest absolute Gasteiger partial charge is 0.306 e. The van der Waals surface area contributed by atoms with Gasteiger partial charge in [0, 0.05) is 0 Å². The zero-order valence-corrected chi connectivity index (χ0v) is 10.8. The van der Waals surface area contributed by atoms with Gasteiger partial charge in [0.05, 0.1) is 18.4 Å². The maximum Gasteiger partial charge on any atom is 0.331 e. The van der Waals surface area contributed by atoms with E-state index in [0.717, 1.165) is 12.8 Å². The van der Waals surface area contributed by atoms with Crippen molar-refractivity contribution in [2.75, 3.05) is 6.16 Å². The quantitative estimate of drug-likeness (QED) is 0.614. The lowest BCUT2D eigenvalue weighted by Crippen LogP contribution is -2.10. The second kappa shape index (κ2) is 6.60. The fraction of sp³-hybridized carbons (Fsp3) is 1.00. The third kappa shape index (κ3) is 6.58. The molecule has 0 aromatic heterocycles. The van der Waals surface area contributed by atoms with Crippen LogP contribution in [0.25, 0.3) is 0 Å². The van der Waals surface area contributed by atoms with Crippen molar-refractivity contribution in [2.45, 2.75) is 59.7 Å². The Morgan fingerprint density at radius 1 is 1.07 bits per heavy atom. The Balaban J connectivity index is 4.26. The summed E-state index contributed by atoms with van der Waals surface area (Å²) in [6, 6.07) is 0. The van der Waals surface area contributed by atoms with Gasteiger partial charge in [-0.1, -0.05) is 13.3 Å². The van der Waals surface area contributed by atoms with Crippen LogP contribution in [0.1, 0.15) is 47.5 Å². The van der Waals surface area contributed by atoms with Crippen molar-refractivity contribution in [1.29, 1.82) is 0 Å². The molecule has 0 spiro atoms. The molecule has 0 unspecified atom stereocenters. The molecule has 0 heterocycles. The lowest BCUT2D eigenvalue weighted by atomic mass is 10.4. The summed E-state index contributed by atoms with van der Waals surface area (Å²) in [5, 5.41) is 0. The Morgan fingerprint density at radius 2 is 1.50 bits per heavy atom. The molecule has 14 heavy (non-hydrogen) atoms. The van der Waals surface area contributed by atoms with Gasteiger partial charge in [-0.25, -0.2) is 0 Å². The predicted octanol–water partition coefficient (Wildman–Crippen LogP) is 3.83. The van der Waals surface area contributed by atoms with Gasteiger partial charge in [-0.15, -0.1) is 0 Å². The van der Waals surface area contributed by atoms with Crippen LogP contribution in [0.2, 0.25) is 0 Å². The largest absolute Gasteiger partial charge is 0.331 e. The highest BCUT2D eigenvalue weighted by atomic mass is 31.2. The Morgan fingerprint density at radius 3 is 1.79 bits per heavy atom. The molecule has 0 bridgehead atoms. The number of hydrogen-bond donors (Lipinski definition) is 0. The van der Waals surface area contributed by atoms with E-state index in [1.807, 2.05) is 27.7 Å². The number of rotatable bonds is 7. The van der Waals surface area contributed by atoms with Crippen LogP contribution < -0.4 is 0 Å². The van der Waals surface area contributed by atoms with Crippen LogP contribution in [0.5, 0.6) is 0 Å². The normalized spacial score (nSPS) is 12.8. The molecule has 86 valence electrons. The summed E-state index contributed by atoms with van der Waals surface area (Å²) < 4.78 is 22.9. The van der Waals surface area contributed by atoms with Gasteiger partial charge >= 0.3 is 7.60 Å². The van der Waals surface area contributed by atoms with E-state index in [1.165, 1.54) is 0 Å². The average molecular weight is 222 g/mol. The van der Waals surface area contributed by atoms with E-state index in [-0.39, 0.29) is 12.2 Å². The Labute approximate surface area is 87.7 Å². The monoisotopic (exact) mass is 222 g/mol. The Bertz CT molecular complexity index is 176. The second-order valence-electron chi connectivity index (χ2n) is 4.00. The van der Waals surface area contributed by atoms with Crippen molar-refractivity contribution in [2.24, 2.45) is 0 Å². The zero-order chi connectivity index (χ0) is 11.2. The highest BCUT2D eigenvalue weighted by molar-refractivity contribution is 7.53. The lowest BCUT2D eigenvalue weighted by Gasteiger charge is -2.22. The number of hydrogen-bond acceptors (Lipinski definition) is 3. The van der Waals surface area contributed by atoms with E-state index in [4.69, 9.17) is 9.05 Å². The van der Waals surface area contributed by atoms with Gasteiger partial charge in [0.25, 0.3) is 0 Å². The molecule has 0 radical (unpaired) electrons. The molecule has 0 saturated carbocycles. The summed E-state index contributed by atoms with van der Waals surface area (Å²) in [6.07, 6.45) is 2.33. The molecular weight excluding hydrogens is 199 g/mol. The first-order chi connectivity index (χ1) is 6.39. The van der Waals surface area contributed by atoms with Gasteiger partial charge in [-0.2, -0.15) is 0 Å². The Kier molecular flexibility index (Phi) is 6.67. The molecule has 0 aromatic carbocycles. The molecular formula is C10H23O3P. The fourth-order valence-electron chi connectivity index (χ4n) is 1.12. The standard InChI is InChI=1S/C10H23O3P/c1-6-7-8-14(11,12-9(2)3)13-10(4)5/h9-10H,6-8H2,1-5H3. The van der Waals surface area contributed by atoms with Crippen molar-refractivity contribution in [1.82, 2.24) is 0 Å². The molecule has 0 aromatic rings. The van der Waals surface area contributed by atoms with Crippen molar-refractivity contribution in [3.8, 4) is 0 Å². The molecule has 0 rings (SSSR count). The van der Waals surface area contributed by atoms with Gasteiger partial charge in [0.2, 0.25) is 0 Å². The van der Waals surface area contributed by atoms with Gasteiger partial charge < -0.3 is 9.05 Å². The van der Waals surface area contributed by atoms with Crippen molar-refractivity contribution >= 4 is 7.60 Å². The van der Waals surface area contributed by atoms with Gasteiger partial charge in [-0.3, -0.25) is 4.57 Å². The lowest BCUT2D eigenvalue weighted by molar-refractivity contribution is 0.142. The molecule has 0 aliphatic heterocycles. The van der Waals surface area contributed by atoms with E-state index in [0.29, 0.717) is 6.16 Å². The molecule has 0 aliphatic carbocycles. The highest BCUT2D eigenvalue weighted by Gasteiger charge is 2.26. The first kappa shape index (κ1) is 14.2. The van der Waals surface area contributed by atoms with Crippen molar-refractivity contribution in [3.05, 3.63) is 0 Å². The summed E-state index contributed by atoms with van der Waals surface area (Å²) in [4.78, 5) is 0. The first-order valence-corrected chi connectivity index (χ1v) is 7.08. The van der Waals surface area contributed by atoms with Crippen LogP contribution >= 0.6 is 7.60 Å². The molecule has 0 atom stereocenters. The average Bonchev–Trinajstić information content (AvgIpc) is 1.97. The van der Waals surface area contributed by atoms with E-state index < -0.39 is 7.60 Å². The minimum absolute atomic E-state index is 0.0450. The fourth-order valence-corrected chi connectivity index (χ4v) is 3.37. The second-order valence-corrected chi connectivity index (χ2v) is 6.09. The number of unbranched alkanes of at least 4 members (excludes halogenated alkanes) is 1. The summed E-state index contributed by atoms with van der Waals surface area (Å²) in [5.41, 5.74) is 0. The van der Waals surface area contributed by atoms with Crippen molar-refractivity contribution < 1.29 is 13.6 Å². The SMILES string of the molecule is CCCCP(=O)(OC(C)C)OC(C)C. The minimum atomic E-state index is -2.85. The molecule has 3 nitrogen and oxygen atoms in total. The summed E-state index contributed by atoms with van der Waals surface area (Å²) >= 11 is 0. The highest BCUT2D eigenvalue weighted by Crippen LogP contribution is 2.51. The Hall–Kier alpha value is 0.150. The van der Waals surface area contributed by atoms with Crippen molar-refractivity contribution in [3.63, 3.8) is 0 Å². The van der Waals surface area contributed by atoms with Crippen LogP contribution in [0.4, 0.5) is 0 Å². The third-order valence-electron chi connectivity index (χ3n) is 1.53. The van der Waals surface area contributed by atoms with Crippen LogP contribution in [0, 0.1) is 0 Å². The topological polar surface area (TPSA) is 35.5 Å². The van der Waals surface area contributed by atoms with Gasteiger partial charge in [-0.05, 0) is 34.1 Å². The minimum Gasteiger partial charge on any atom is -0.306 e. The van der Waals surface area contributed by atoms with E-state index >= 15 is 0 Å². The van der Waals surface area contributed by atoms with E-state index in [9.17, 15) is 4.57 Å². The van der Waals surface area contributed by atoms with Crippen LogP contribution in [-0.4, -0.2) is 18.4 Å². The first-order valence-electron chi connectivity index (χ1n) is 5.35.